The molecule has 29 heavy (non-hydrogen) atoms. The molecule has 0 saturated heterocycles. The van der Waals surface area contributed by atoms with Crippen molar-refractivity contribution in [3.8, 4) is 5.75 Å². The van der Waals surface area contributed by atoms with Gasteiger partial charge in [0.2, 0.25) is 0 Å². The van der Waals surface area contributed by atoms with Gasteiger partial charge in [0.15, 0.2) is 8.32 Å². The smallest absolute Gasteiger partial charge is 0.329 e. The molecule has 2 atom stereocenters. The Morgan fingerprint density at radius 1 is 1.21 bits per heavy atom. The summed E-state index contributed by atoms with van der Waals surface area (Å²) in [5.41, 5.74) is 0.730. The predicted molar refractivity (Wildman–Crippen MR) is 119 cm³/mol. The van der Waals surface area contributed by atoms with Crippen LogP contribution in [0.3, 0.4) is 0 Å². The fraction of sp³-hybridized carbons (Fsp3) is 0.636. The van der Waals surface area contributed by atoms with Gasteiger partial charge in [-0.2, -0.15) is 0 Å². The lowest BCUT2D eigenvalue weighted by Gasteiger charge is -2.36. The first-order valence-corrected chi connectivity index (χ1v) is 13.1. The van der Waals surface area contributed by atoms with Crippen LogP contribution in [0.15, 0.2) is 24.3 Å². The van der Waals surface area contributed by atoms with E-state index in [1.807, 2.05) is 12.1 Å². The summed E-state index contributed by atoms with van der Waals surface area (Å²) in [6, 6.07) is 6.48. The van der Waals surface area contributed by atoms with Gasteiger partial charge in [0, 0.05) is 18.2 Å². The largest absolute Gasteiger partial charge is 0.497 e. The second kappa shape index (κ2) is 11.4. The first kappa shape index (κ1) is 25.2. The van der Waals surface area contributed by atoms with Crippen molar-refractivity contribution < 1.29 is 23.5 Å². The molecule has 0 radical (unpaired) electrons. The van der Waals surface area contributed by atoms with Crippen molar-refractivity contribution in [3.63, 3.8) is 0 Å². The topological polar surface area (TPSA) is 73.9 Å². The zero-order chi connectivity index (χ0) is 22.1. The zero-order valence-electron chi connectivity index (χ0n) is 18.9. The molecule has 1 aromatic rings. The first-order chi connectivity index (χ1) is 13.6. The van der Waals surface area contributed by atoms with E-state index in [2.05, 4.69) is 39.2 Å². The van der Waals surface area contributed by atoms with E-state index < -0.39 is 26.2 Å². The Bertz CT molecular complexity index is 640. The SMILES string of the molecule is CCOC(=O)[C@@H](Nc1ccc(OC)cc1)[C@@H](C=O)CCCO[Si](C)(C)C(C)(C)C. The highest BCUT2D eigenvalue weighted by molar-refractivity contribution is 6.74. The Hall–Kier alpha value is -1.86. The van der Waals surface area contributed by atoms with E-state index in [-0.39, 0.29) is 11.6 Å². The third kappa shape index (κ3) is 7.82. The minimum Gasteiger partial charge on any atom is -0.497 e. The van der Waals surface area contributed by atoms with Crippen molar-refractivity contribution in [1.82, 2.24) is 0 Å². The van der Waals surface area contributed by atoms with E-state index in [1.54, 1.807) is 26.2 Å². The molecule has 1 N–H and O–H groups in total. The molecular formula is C22H37NO5Si. The molecule has 0 fully saturated rings. The summed E-state index contributed by atoms with van der Waals surface area (Å²) < 4.78 is 16.6. The Labute approximate surface area is 176 Å². The number of esters is 1. The summed E-state index contributed by atoms with van der Waals surface area (Å²) in [5.74, 6) is -0.206. The molecular weight excluding hydrogens is 386 g/mol. The predicted octanol–water partition coefficient (Wildman–Crippen LogP) is 4.66. The molecule has 0 unspecified atom stereocenters. The Balaban J connectivity index is 2.78. The number of aldehydes is 1. The van der Waals surface area contributed by atoms with Crippen molar-refractivity contribution in [2.45, 2.75) is 64.7 Å². The molecule has 0 heterocycles. The molecule has 0 aliphatic rings. The van der Waals surface area contributed by atoms with Crippen molar-refractivity contribution in [2.75, 3.05) is 25.6 Å². The highest BCUT2D eigenvalue weighted by Crippen LogP contribution is 2.36. The minimum absolute atomic E-state index is 0.139. The van der Waals surface area contributed by atoms with Crippen LogP contribution in [0.1, 0.15) is 40.5 Å². The number of benzene rings is 1. The summed E-state index contributed by atoms with van der Waals surface area (Å²) in [4.78, 5) is 24.3. The number of anilines is 1. The van der Waals surface area contributed by atoms with E-state index in [4.69, 9.17) is 13.9 Å². The number of carbonyl (C=O) groups is 2. The molecule has 1 aromatic carbocycles. The lowest BCUT2D eigenvalue weighted by molar-refractivity contribution is -0.146. The fourth-order valence-electron chi connectivity index (χ4n) is 2.62. The highest BCUT2D eigenvalue weighted by atomic mass is 28.4. The number of hydrogen-bond donors (Lipinski definition) is 1. The standard InChI is InChI=1S/C22H37NO5Si/c1-8-27-21(25)20(23-18-11-13-19(26-5)14-12-18)17(16-24)10-9-15-28-29(6,7)22(2,3)4/h11-14,16-17,20,23H,8-10,15H2,1-7H3/t17-,20+/m1/s1. The number of nitrogens with one attached hydrogen (secondary N) is 1. The second-order valence-corrected chi connectivity index (χ2v) is 13.5. The normalized spacial score (nSPS) is 14.0. The Morgan fingerprint density at radius 2 is 1.83 bits per heavy atom. The monoisotopic (exact) mass is 423 g/mol. The number of carbonyl (C=O) groups excluding carboxylic acids is 2. The van der Waals surface area contributed by atoms with Crippen molar-refractivity contribution in [2.24, 2.45) is 5.92 Å². The van der Waals surface area contributed by atoms with Crippen molar-refractivity contribution in [3.05, 3.63) is 24.3 Å². The third-order valence-corrected chi connectivity index (χ3v) is 10.0. The Kier molecular flexibility index (Phi) is 9.86. The maximum atomic E-state index is 12.5. The van der Waals surface area contributed by atoms with Gasteiger partial charge in [-0.05, 0) is 62.2 Å². The molecule has 6 nitrogen and oxygen atoms in total. The summed E-state index contributed by atoms with van der Waals surface area (Å²) >= 11 is 0. The number of rotatable bonds is 12. The van der Waals surface area contributed by atoms with Crippen LogP contribution in [0.2, 0.25) is 18.1 Å². The molecule has 0 aliphatic heterocycles. The third-order valence-electron chi connectivity index (χ3n) is 5.51. The Morgan fingerprint density at radius 3 is 2.31 bits per heavy atom. The lowest BCUT2D eigenvalue weighted by atomic mass is 9.95. The van der Waals surface area contributed by atoms with E-state index in [1.165, 1.54) is 0 Å². The van der Waals surface area contributed by atoms with Gasteiger partial charge >= 0.3 is 5.97 Å². The quantitative estimate of drug-likeness (QED) is 0.228. The fourth-order valence-corrected chi connectivity index (χ4v) is 3.70. The average Bonchev–Trinajstić information content (AvgIpc) is 2.66. The molecule has 164 valence electrons. The van der Waals surface area contributed by atoms with Gasteiger partial charge in [-0.1, -0.05) is 20.8 Å². The summed E-state index contributed by atoms with van der Waals surface area (Å²) in [6.07, 6.45) is 2.09. The zero-order valence-corrected chi connectivity index (χ0v) is 19.9. The molecule has 7 heteroatoms. The molecule has 0 aliphatic carbocycles. The van der Waals surface area contributed by atoms with Gasteiger partial charge in [0.05, 0.1) is 13.7 Å². The first-order valence-electron chi connectivity index (χ1n) is 10.2. The molecule has 0 amide bonds. The van der Waals surface area contributed by atoms with Crippen LogP contribution in [0.25, 0.3) is 0 Å². The summed E-state index contributed by atoms with van der Waals surface area (Å²) in [6.45, 7) is 13.6. The molecule has 1 rings (SSSR count). The van der Waals surface area contributed by atoms with E-state index >= 15 is 0 Å². The van der Waals surface area contributed by atoms with Gasteiger partial charge in [0.1, 0.15) is 18.1 Å². The minimum atomic E-state index is -1.83. The highest BCUT2D eigenvalue weighted by Gasteiger charge is 2.37. The second-order valence-electron chi connectivity index (χ2n) is 8.65. The molecule has 0 spiro atoms. The van der Waals surface area contributed by atoms with Crippen LogP contribution < -0.4 is 10.1 Å². The maximum absolute atomic E-state index is 12.5. The number of hydrogen-bond acceptors (Lipinski definition) is 6. The van der Waals surface area contributed by atoms with Crippen LogP contribution >= 0.6 is 0 Å². The maximum Gasteiger partial charge on any atom is 0.329 e. The van der Waals surface area contributed by atoms with Gasteiger partial charge in [-0.25, -0.2) is 4.79 Å². The average molecular weight is 424 g/mol. The molecule has 0 saturated carbocycles. The van der Waals surface area contributed by atoms with Crippen LogP contribution in [0.4, 0.5) is 5.69 Å². The molecule has 0 aromatic heterocycles. The summed E-state index contributed by atoms with van der Waals surface area (Å²) in [7, 11) is -0.231. The van der Waals surface area contributed by atoms with Gasteiger partial charge < -0.3 is 24.0 Å². The van der Waals surface area contributed by atoms with Crippen LogP contribution in [-0.4, -0.2) is 46.9 Å². The van der Waals surface area contributed by atoms with Gasteiger partial charge in [0.25, 0.3) is 0 Å². The van der Waals surface area contributed by atoms with E-state index in [0.29, 0.717) is 19.4 Å². The van der Waals surface area contributed by atoms with Crippen molar-refractivity contribution in [1.29, 1.82) is 0 Å². The molecule has 0 bridgehead atoms. The van der Waals surface area contributed by atoms with Gasteiger partial charge in [-0.15, -0.1) is 0 Å². The van der Waals surface area contributed by atoms with Gasteiger partial charge in [-0.3, -0.25) is 0 Å². The number of methoxy groups -OCH3 is 1. The summed E-state index contributed by atoms with van der Waals surface area (Å²) in [5, 5.41) is 3.29. The van der Waals surface area contributed by atoms with Crippen molar-refractivity contribution >= 4 is 26.3 Å². The number of ether oxygens (including phenoxy) is 2. The lowest BCUT2D eigenvalue weighted by Crippen LogP contribution is -2.41. The van der Waals surface area contributed by atoms with Crippen LogP contribution in [0.5, 0.6) is 5.75 Å². The van der Waals surface area contributed by atoms with Crippen LogP contribution in [0, 0.1) is 5.92 Å². The van der Waals surface area contributed by atoms with E-state index in [0.717, 1.165) is 17.7 Å². The van der Waals surface area contributed by atoms with Crippen LogP contribution in [-0.2, 0) is 18.8 Å². The van der Waals surface area contributed by atoms with E-state index in [9.17, 15) is 9.59 Å².